The molecule has 0 spiro atoms. The number of fused-ring (bicyclic) bond motifs is 3. The Bertz CT molecular complexity index is 803. The molecule has 0 amide bonds. The fourth-order valence-electron chi connectivity index (χ4n) is 4.02. The lowest BCUT2D eigenvalue weighted by Gasteiger charge is -2.38. The van der Waals surface area contributed by atoms with E-state index in [0.29, 0.717) is 17.3 Å². The van der Waals surface area contributed by atoms with Gasteiger partial charge in [0.15, 0.2) is 5.82 Å². The maximum absolute atomic E-state index is 6.31. The number of aromatic nitrogens is 3. The largest absolute Gasteiger partial charge is 0.378 e. The number of methoxy groups -OCH3 is 1. The predicted molar refractivity (Wildman–Crippen MR) is 92.0 cm³/mol. The lowest BCUT2D eigenvalue weighted by atomic mass is 10.2. The van der Waals surface area contributed by atoms with Crippen LogP contribution < -0.4 is 9.80 Å². The lowest BCUT2D eigenvalue weighted by molar-refractivity contribution is 0.0776. The van der Waals surface area contributed by atoms with Crippen LogP contribution in [0.1, 0.15) is 6.42 Å². The van der Waals surface area contributed by atoms with Crippen molar-refractivity contribution in [1.82, 2.24) is 14.5 Å². The second-order valence-corrected chi connectivity index (χ2v) is 7.25. The highest BCUT2D eigenvalue weighted by Crippen LogP contribution is 2.37. The number of nitrogens with zero attached hydrogens (tertiary/aromatic N) is 5. The molecule has 3 aliphatic rings. The van der Waals surface area contributed by atoms with Crippen molar-refractivity contribution in [1.29, 1.82) is 0 Å². The van der Waals surface area contributed by atoms with Gasteiger partial charge in [0.05, 0.1) is 30.4 Å². The fourth-order valence-corrected chi connectivity index (χ4v) is 4.20. The first-order chi connectivity index (χ1) is 11.6. The highest BCUT2D eigenvalue weighted by Gasteiger charge is 2.41. The summed E-state index contributed by atoms with van der Waals surface area (Å²) < 4.78 is 13.2. The average molecular weight is 350 g/mol. The zero-order chi connectivity index (χ0) is 16.4. The molecule has 0 aliphatic carbocycles. The van der Waals surface area contributed by atoms with Crippen LogP contribution in [0.3, 0.4) is 0 Å². The number of imidazole rings is 1. The van der Waals surface area contributed by atoms with E-state index in [1.807, 2.05) is 13.1 Å². The molecule has 2 aromatic rings. The molecule has 0 unspecified atom stereocenters. The molecule has 3 aliphatic heterocycles. The smallest absolute Gasteiger partial charge is 0.206 e. The maximum atomic E-state index is 6.31. The Labute approximate surface area is 145 Å². The van der Waals surface area contributed by atoms with Gasteiger partial charge < -0.3 is 23.8 Å². The van der Waals surface area contributed by atoms with Gasteiger partial charge in [0.1, 0.15) is 10.7 Å². The molecular weight excluding hydrogens is 330 g/mol. The van der Waals surface area contributed by atoms with Crippen LogP contribution in [0.5, 0.6) is 0 Å². The van der Waals surface area contributed by atoms with Crippen LogP contribution in [0.2, 0.25) is 5.15 Å². The quantitative estimate of drug-likeness (QED) is 0.781. The van der Waals surface area contributed by atoms with Gasteiger partial charge in [-0.15, -0.1) is 0 Å². The summed E-state index contributed by atoms with van der Waals surface area (Å²) in [6.45, 7) is 3.37. The monoisotopic (exact) mass is 349 g/mol. The molecule has 2 atom stereocenters. The van der Waals surface area contributed by atoms with E-state index in [9.17, 15) is 0 Å². The first-order valence-electron chi connectivity index (χ1n) is 8.33. The molecule has 0 radical (unpaired) electrons. The van der Waals surface area contributed by atoms with E-state index in [4.69, 9.17) is 26.1 Å². The van der Waals surface area contributed by atoms with Crippen molar-refractivity contribution >= 4 is 34.4 Å². The summed E-state index contributed by atoms with van der Waals surface area (Å²) in [6.07, 6.45) is 1.67. The summed E-state index contributed by atoms with van der Waals surface area (Å²) in [5, 5.41) is 0.508. The zero-order valence-corrected chi connectivity index (χ0v) is 14.5. The highest BCUT2D eigenvalue weighted by atomic mass is 35.5. The molecule has 0 N–H and O–H groups in total. The number of hydrogen-bond acceptors (Lipinski definition) is 6. The van der Waals surface area contributed by atoms with E-state index in [2.05, 4.69) is 19.4 Å². The molecule has 24 heavy (non-hydrogen) atoms. The van der Waals surface area contributed by atoms with E-state index in [1.54, 1.807) is 7.11 Å². The zero-order valence-electron chi connectivity index (χ0n) is 13.8. The van der Waals surface area contributed by atoms with Crippen LogP contribution in [0, 0.1) is 0 Å². The number of ether oxygens (including phenoxy) is 2. The molecule has 2 bridgehead atoms. The van der Waals surface area contributed by atoms with Gasteiger partial charge in [-0.25, -0.2) is 9.97 Å². The first kappa shape index (κ1) is 14.7. The number of aryl methyl sites for hydroxylation is 1. The van der Waals surface area contributed by atoms with Crippen molar-refractivity contribution in [2.75, 3.05) is 43.2 Å². The molecule has 3 saturated heterocycles. The third-order valence-corrected chi connectivity index (χ3v) is 5.63. The number of hydrogen-bond donors (Lipinski definition) is 0. The van der Waals surface area contributed by atoms with Crippen molar-refractivity contribution < 1.29 is 9.47 Å². The summed E-state index contributed by atoms with van der Waals surface area (Å²) in [5.74, 6) is 1.84. The Balaban J connectivity index is 1.58. The molecule has 8 heteroatoms. The van der Waals surface area contributed by atoms with Crippen LogP contribution in [0.25, 0.3) is 11.0 Å². The highest BCUT2D eigenvalue weighted by molar-refractivity contribution is 6.30. The minimum absolute atomic E-state index is 0.289. The maximum Gasteiger partial charge on any atom is 0.206 e. The summed E-state index contributed by atoms with van der Waals surface area (Å²) in [6, 6.07) is 2.28. The predicted octanol–water partition coefficient (Wildman–Crippen LogP) is 1.43. The van der Waals surface area contributed by atoms with Crippen LogP contribution in [-0.4, -0.2) is 66.1 Å². The molecule has 5 heterocycles. The van der Waals surface area contributed by atoms with Gasteiger partial charge in [-0.3, -0.25) is 0 Å². The number of halogens is 1. The van der Waals surface area contributed by atoms with E-state index in [1.165, 1.54) is 0 Å². The van der Waals surface area contributed by atoms with Crippen molar-refractivity contribution in [2.45, 2.75) is 24.7 Å². The van der Waals surface area contributed by atoms with Crippen molar-refractivity contribution in [3.8, 4) is 0 Å². The average Bonchev–Trinajstić information content (AvgIpc) is 3.22. The third-order valence-electron chi connectivity index (χ3n) is 5.43. The Morgan fingerprint density at radius 3 is 2.79 bits per heavy atom. The number of anilines is 2. The Hall–Kier alpha value is -1.57. The Morgan fingerprint density at radius 1 is 1.29 bits per heavy atom. The van der Waals surface area contributed by atoms with Gasteiger partial charge in [0.2, 0.25) is 5.95 Å². The molecule has 3 fully saturated rings. The number of morpholine rings is 1. The minimum atomic E-state index is 0.289. The van der Waals surface area contributed by atoms with Gasteiger partial charge in [-0.1, -0.05) is 11.6 Å². The van der Waals surface area contributed by atoms with E-state index in [-0.39, 0.29) is 6.10 Å². The third kappa shape index (κ3) is 2.04. The number of rotatable bonds is 3. The van der Waals surface area contributed by atoms with Gasteiger partial charge in [-0.05, 0) is 6.42 Å². The summed E-state index contributed by atoms with van der Waals surface area (Å²) in [4.78, 5) is 14.0. The normalized spacial score (nSPS) is 26.6. The van der Waals surface area contributed by atoms with Gasteiger partial charge in [0.25, 0.3) is 0 Å². The Morgan fingerprint density at radius 2 is 2.12 bits per heavy atom. The number of pyridine rings is 1. The molecule has 5 rings (SSSR count). The van der Waals surface area contributed by atoms with E-state index in [0.717, 1.165) is 55.5 Å². The molecule has 0 aromatic carbocycles. The second kappa shape index (κ2) is 5.21. The van der Waals surface area contributed by atoms with E-state index < -0.39 is 0 Å². The SMILES string of the molecule is COC1CN(c2nc3c(N4C[C@H]5C[C@@H]4CO5)nc(Cl)cc3n2C)C1. The van der Waals surface area contributed by atoms with Gasteiger partial charge in [-0.2, -0.15) is 0 Å². The van der Waals surface area contributed by atoms with Crippen molar-refractivity contribution in [3.63, 3.8) is 0 Å². The van der Waals surface area contributed by atoms with Crippen molar-refractivity contribution in [2.24, 2.45) is 7.05 Å². The van der Waals surface area contributed by atoms with E-state index >= 15 is 0 Å². The second-order valence-electron chi connectivity index (χ2n) is 6.87. The summed E-state index contributed by atoms with van der Waals surface area (Å²) in [7, 11) is 3.79. The van der Waals surface area contributed by atoms with Crippen molar-refractivity contribution in [3.05, 3.63) is 11.2 Å². The molecule has 7 nitrogen and oxygen atoms in total. The summed E-state index contributed by atoms with van der Waals surface area (Å²) in [5.41, 5.74) is 1.94. The minimum Gasteiger partial charge on any atom is -0.378 e. The standard InChI is InChI=1S/C16H20ClN5O2/c1-20-12-4-13(17)18-15(22-7-10-3-9(22)8-24-10)14(12)19-16(20)21-5-11(6-21)23-2/h4,9-11H,3,5-8H2,1-2H3/t9-,10-/m1/s1. The molecule has 2 aromatic heterocycles. The van der Waals surface area contributed by atoms with Crippen LogP contribution in [-0.2, 0) is 16.5 Å². The van der Waals surface area contributed by atoms with Gasteiger partial charge in [0, 0.05) is 39.9 Å². The van der Waals surface area contributed by atoms with Crippen LogP contribution >= 0.6 is 11.6 Å². The van der Waals surface area contributed by atoms with Gasteiger partial charge >= 0.3 is 0 Å². The fraction of sp³-hybridized carbons (Fsp3) is 0.625. The van der Waals surface area contributed by atoms with Crippen LogP contribution in [0.4, 0.5) is 11.8 Å². The Kier molecular flexibility index (Phi) is 3.20. The molecule has 128 valence electrons. The first-order valence-corrected chi connectivity index (χ1v) is 8.71. The van der Waals surface area contributed by atoms with Crippen LogP contribution in [0.15, 0.2) is 6.07 Å². The molecule has 0 saturated carbocycles. The topological polar surface area (TPSA) is 55.6 Å². The lowest BCUT2D eigenvalue weighted by Crippen LogP contribution is -2.52. The molecular formula is C16H20ClN5O2. The summed E-state index contributed by atoms with van der Waals surface area (Å²) >= 11 is 6.31.